The van der Waals surface area contributed by atoms with Crippen molar-refractivity contribution in [3.05, 3.63) is 29.3 Å². The van der Waals surface area contributed by atoms with Crippen molar-refractivity contribution in [1.82, 2.24) is 0 Å². The number of nitrogens with two attached hydrogens (primary N) is 1. The predicted octanol–water partition coefficient (Wildman–Crippen LogP) is 2.02. The molecule has 0 aliphatic carbocycles. The van der Waals surface area contributed by atoms with Crippen molar-refractivity contribution >= 4 is 5.69 Å². The number of benzene rings is 1. The van der Waals surface area contributed by atoms with Crippen LogP contribution < -0.4 is 10.6 Å². The molecule has 1 aliphatic rings. The van der Waals surface area contributed by atoms with Gasteiger partial charge in [-0.25, -0.2) is 0 Å². The van der Waals surface area contributed by atoms with Crippen LogP contribution in [0.25, 0.3) is 0 Å². The Hall–Kier alpha value is -1.10. The second-order valence-electron chi connectivity index (χ2n) is 7.28. The molecule has 4 heteroatoms. The van der Waals surface area contributed by atoms with Gasteiger partial charge in [-0.3, -0.25) is 0 Å². The second kappa shape index (κ2) is 6.57. The number of fused-ring (bicyclic) bond motifs is 1. The molecule has 4 nitrogen and oxygen atoms in total. The zero-order valence-electron chi connectivity index (χ0n) is 14.2. The van der Waals surface area contributed by atoms with Crippen molar-refractivity contribution < 1.29 is 10.2 Å². The highest BCUT2D eigenvalue weighted by atomic mass is 16.3. The molecule has 124 valence electrons. The first-order valence-electron chi connectivity index (χ1n) is 8.22. The number of anilines is 1. The average molecular weight is 306 g/mol. The standard InChI is InChI=1S/C18H30N2O2/c1-12(2)13-5-6-14-10-17(19)18(3,4)20(16(14)9-13)8-7-15(22)11-21/h5-6,9,12,15,17,21-22H,7-8,10-11,19H2,1-4H3. The molecule has 0 radical (unpaired) electrons. The van der Waals surface area contributed by atoms with E-state index in [9.17, 15) is 5.11 Å². The van der Waals surface area contributed by atoms with Gasteiger partial charge in [-0.05, 0) is 49.8 Å². The van der Waals surface area contributed by atoms with Crippen molar-refractivity contribution in [3.8, 4) is 0 Å². The molecule has 1 heterocycles. The molecule has 2 atom stereocenters. The van der Waals surface area contributed by atoms with E-state index >= 15 is 0 Å². The maximum absolute atomic E-state index is 9.71. The monoisotopic (exact) mass is 306 g/mol. The Morgan fingerprint density at radius 1 is 1.36 bits per heavy atom. The van der Waals surface area contributed by atoms with Gasteiger partial charge in [0.1, 0.15) is 0 Å². The molecule has 2 unspecified atom stereocenters. The van der Waals surface area contributed by atoms with E-state index in [1.807, 2.05) is 0 Å². The van der Waals surface area contributed by atoms with Crippen LogP contribution in [0, 0.1) is 0 Å². The Morgan fingerprint density at radius 3 is 2.64 bits per heavy atom. The van der Waals surface area contributed by atoms with Gasteiger partial charge in [-0.2, -0.15) is 0 Å². The summed E-state index contributed by atoms with van der Waals surface area (Å²) in [5.74, 6) is 0.480. The number of hydrogen-bond donors (Lipinski definition) is 3. The summed E-state index contributed by atoms with van der Waals surface area (Å²) >= 11 is 0. The Labute approximate surface area is 133 Å². The summed E-state index contributed by atoms with van der Waals surface area (Å²) < 4.78 is 0. The van der Waals surface area contributed by atoms with Crippen LogP contribution in [0.2, 0.25) is 0 Å². The first-order valence-corrected chi connectivity index (χ1v) is 8.22. The van der Waals surface area contributed by atoms with E-state index in [1.165, 1.54) is 16.8 Å². The predicted molar refractivity (Wildman–Crippen MR) is 91.3 cm³/mol. The zero-order valence-corrected chi connectivity index (χ0v) is 14.2. The lowest BCUT2D eigenvalue weighted by Gasteiger charge is -2.49. The summed E-state index contributed by atoms with van der Waals surface area (Å²) in [6.45, 7) is 9.21. The largest absolute Gasteiger partial charge is 0.394 e. The molecule has 0 fully saturated rings. The number of hydrogen-bond acceptors (Lipinski definition) is 4. The number of aliphatic hydroxyl groups excluding tert-OH is 2. The highest BCUT2D eigenvalue weighted by Crippen LogP contribution is 2.38. The maximum Gasteiger partial charge on any atom is 0.0787 e. The first kappa shape index (κ1) is 17.3. The van der Waals surface area contributed by atoms with Gasteiger partial charge in [0, 0.05) is 23.8 Å². The van der Waals surface area contributed by atoms with Crippen molar-refractivity contribution in [1.29, 1.82) is 0 Å². The summed E-state index contributed by atoms with van der Waals surface area (Å²) in [7, 11) is 0. The molecule has 0 amide bonds. The Balaban J connectivity index is 2.37. The van der Waals surface area contributed by atoms with E-state index in [4.69, 9.17) is 10.8 Å². The lowest BCUT2D eigenvalue weighted by molar-refractivity contribution is 0.0883. The highest BCUT2D eigenvalue weighted by molar-refractivity contribution is 5.61. The molecule has 1 aromatic carbocycles. The van der Waals surface area contributed by atoms with Crippen LogP contribution in [-0.2, 0) is 6.42 Å². The van der Waals surface area contributed by atoms with E-state index in [2.05, 4.69) is 50.8 Å². The fraction of sp³-hybridized carbons (Fsp3) is 0.667. The summed E-state index contributed by atoms with van der Waals surface area (Å²) in [6.07, 6.45) is 0.739. The minimum Gasteiger partial charge on any atom is -0.394 e. The average Bonchev–Trinajstić information content (AvgIpc) is 2.46. The summed E-state index contributed by atoms with van der Waals surface area (Å²) in [5.41, 5.74) is 10.0. The molecule has 22 heavy (non-hydrogen) atoms. The van der Waals surface area contributed by atoms with Crippen LogP contribution in [-0.4, -0.2) is 41.0 Å². The molecule has 4 N–H and O–H groups in total. The van der Waals surface area contributed by atoms with Crippen molar-refractivity contribution in [2.45, 2.75) is 64.1 Å². The van der Waals surface area contributed by atoms with Gasteiger partial charge in [-0.1, -0.05) is 26.0 Å². The van der Waals surface area contributed by atoms with Crippen LogP contribution in [0.4, 0.5) is 5.69 Å². The fourth-order valence-electron chi connectivity index (χ4n) is 3.14. The maximum atomic E-state index is 9.71. The minimum atomic E-state index is -0.675. The summed E-state index contributed by atoms with van der Waals surface area (Å²) in [5, 5.41) is 18.8. The van der Waals surface area contributed by atoms with E-state index in [-0.39, 0.29) is 18.2 Å². The SMILES string of the molecule is CC(C)c1ccc2c(c1)N(CCC(O)CO)C(C)(C)C(N)C2. The molecule has 1 aliphatic heterocycles. The normalized spacial score (nSPS) is 21.8. The quantitative estimate of drug-likeness (QED) is 0.778. The molecule has 1 aromatic rings. The van der Waals surface area contributed by atoms with Crippen LogP contribution >= 0.6 is 0 Å². The zero-order chi connectivity index (χ0) is 16.5. The van der Waals surface area contributed by atoms with E-state index in [0.29, 0.717) is 18.9 Å². The number of nitrogens with zero attached hydrogens (tertiary/aromatic N) is 1. The molecule has 0 saturated carbocycles. The van der Waals surface area contributed by atoms with Crippen LogP contribution in [0.5, 0.6) is 0 Å². The van der Waals surface area contributed by atoms with Gasteiger partial charge < -0.3 is 20.8 Å². The van der Waals surface area contributed by atoms with Gasteiger partial charge in [0.05, 0.1) is 12.7 Å². The minimum absolute atomic E-state index is 0.0520. The van der Waals surface area contributed by atoms with Crippen molar-refractivity contribution in [2.24, 2.45) is 5.73 Å². The molecule has 0 spiro atoms. The third kappa shape index (κ3) is 3.29. The van der Waals surface area contributed by atoms with E-state index < -0.39 is 6.10 Å². The molecular weight excluding hydrogens is 276 g/mol. The van der Waals surface area contributed by atoms with Gasteiger partial charge in [-0.15, -0.1) is 0 Å². The first-order chi connectivity index (χ1) is 10.3. The fourth-order valence-corrected chi connectivity index (χ4v) is 3.14. The molecule has 0 aromatic heterocycles. The van der Waals surface area contributed by atoms with Crippen molar-refractivity contribution in [3.63, 3.8) is 0 Å². The van der Waals surface area contributed by atoms with Crippen LogP contribution in [0.1, 0.15) is 51.2 Å². The topological polar surface area (TPSA) is 69.7 Å². The van der Waals surface area contributed by atoms with E-state index in [1.54, 1.807) is 0 Å². The Kier molecular flexibility index (Phi) is 5.15. The lowest BCUT2D eigenvalue weighted by Crippen LogP contribution is -2.60. The van der Waals surface area contributed by atoms with Crippen LogP contribution in [0.15, 0.2) is 18.2 Å². The van der Waals surface area contributed by atoms with Gasteiger partial charge in [0.15, 0.2) is 0 Å². The third-order valence-electron chi connectivity index (χ3n) is 5.01. The summed E-state index contributed by atoms with van der Waals surface area (Å²) in [6, 6.07) is 6.69. The van der Waals surface area contributed by atoms with Gasteiger partial charge >= 0.3 is 0 Å². The Bertz CT molecular complexity index is 514. The Morgan fingerprint density at radius 2 is 2.05 bits per heavy atom. The van der Waals surface area contributed by atoms with E-state index in [0.717, 1.165) is 6.42 Å². The molecule has 0 saturated heterocycles. The van der Waals surface area contributed by atoms with Crippen molar-refractivity contribution in [2.75, 3.05) is 18.1 Å². The molecular formula is C18H30N2O2. The van der Waals surface area contributed by atoms with Gasteiger partial charge in [0.25, 0.3) is 0 Å². The van der Waals surface area contributed by atoms with Gasteiger partial charge in [0.2, 0.25) is 0 Å². The third-order valence-corrected chi connectivity index (χ3v) is 5.01. The molecule has 0 bridgehead atoms. The van der Waals surface area contributed by atoms with Crippen LogP contribution in [0.3, 0.4) is 0 Å². The lowest BCUT2D eigenvalue weighted by atomic mass is 9.81. The smallest absolute Gasteiger partial charge is 0.0787 e. The highest BCUT2D eigenvalue weighted by Gasteiger charge is 2.38. The number of aliphatic hydroxyl groups is 2. The summed E-state index contributed by atoms with van der Waals surface area (Å²) in [4.78, 5) is 2.31. The second-order valence-corrected chi connectivity index (χ2v) is 7.28. The number of rotatable bonds is 5. The molecule has 2 rings (SSSR count).